The van der Waals surface area contributed by atoms with Crippen LogP contribution in [-0.4, -0.2) is 18.2 Å². The van der Waals surface area contributed by atoms with Crippen molar-refractivity contribution < 1.29 is 9.47 Å². The molecule has 1 aliphatic rings. The van der Waals surface area contributed by atoms with Crippen LogP contribution < -0.4 is 20.7 Å². The van der Waals surface area contributed by atoms with Crippen molar-refractivity contribution in [2.24, 2.45) is 5.84 Å². The first-order valence-corrected chi connectivity index (χ1v) is 7.32. The predicted molar refractivity (Wildman–Crippen MR) is 84.0 cm³/mol. The molecule has 1 aliphatic heterocycles. The maximum absolute atomic E-state index is 5.78. The van der Waals surface area contributed by atoms with E-state index in [2.05, 4.69) is 19.3 Å². The van der Waals surface area contributed by atoms with E-state index in [0.29, 0.717) is 19.1 Å². The molecular formula is C16H21N3O2. The van der Waals surface area contributed by atoms with Crippen molar-refractivity contribution in [3.63, 3.8) is 0 Å². The van der Waals surface area contributed by atoms with Gasteiger partial charge >= 0.3 is 0 Å². The van der Waals surface area contributed by atoms with Crippen molar-refractivity contribution in [2.45, 2.75) is 33.1 Å². The van der Waals surface area contributed by atoms with Gasteiger partial charge in [-0.25, -0.2) is 0 Å². The van der Waals surface area contributed by atoms with E-state index in [-0.39, 0.29) is 0 Å². The monoisotopic (exact) mass is 287 g/mol. The standard InChI is InChI=1S/C16H21N3O2/c1-9(2)15-10(3)18-12-8-14-13(20-5-4-6-21-14)7-11(12)16(15)19-17/h7-9H,4-6,17H2,1-3H3,(H,18,19). The molecule has 2 aromatic rings. The van der Waals surface area contributed by atoms with Crippen LogP contribution in [0.25, 0.3) is 10.9 Å². The number of rotatable bonds is 2. The van der Waals surface area contributed by atoms with Gasteiger partial charge in [-0.1, -0.05) is 13.8 Å². The zero-order valence-electron chi connectivity index (χ0n) is 12.7. The second kappa shape index (κ2) is 5.41. The molecule has 0 amide bonds. The van der Waals surface area contributed by atoms with E-state index in [1.807, 2.05) is 19.1 Å². The van der Waals surface area contributed by atoms with Crippen LogP contribution in [0, 0.1) is 6.92 Å². The Balaban J connectivity index is 2.29. The zero-order chi connectivity index (χ0) is 15.0. The SMILES string of the molecule is Cc1nc2cc3c(cc2c(NN)c1C(C)C)OCCCO3. The van der Waals surface area contributed by atoms with Crippen molar-refractivity contribution in [2.75, 3.05) is 18.6 Å². The number of nitrogen functional groups attached to an aromatic ring is 1. The Morgan fingerprint density at radius 1 is 1.19 bits per heavy atom. The van der Waals surface area contributed by atoms with Crippen LogP contribution in [0.5, 0.6) is 11.5 Å². The molecule has 0 aliphatic carbocycles. The van der Waals surface area contributed by atoms with E-state index in [1.165, 1.54) is 0 Å². The van der Waals surface area contributed by atoms with Crippen molar-refractivity contribution >= 4 is 16.6 Å². The highest BCUT2D eigenvalue weighted by molar-refractivity contribution is 5.95. The molecule has 3 N–H and O–H groups in total. The summed E-state index contributed by atoms with van der Waals surface area (Å²) < 4.78 is 11.5. The second-order valence-electron chi connectivity index (χ2n) is 5.65. The minimum atomic E-state index is 0.337. The summed E-state index contributed by atoms with van der Waals surface area (Å²) in [6.45, 7) is 7.63. The summed E-state index contributed by atoms with van der Waals surface area (Å²) in [5, 5.41) is 0.969. The number of nitrogens with zero attached hydrogens (tertiary/aromatic N) is 1. The molecule has 3 rings (SSSR count). The third-order valence-electron chi connectivity index (χ3n) is 3.80. The van der Waals surface area contributed by atoms with E-state index in [9.17, 15) is 0 Å². The molecule has 5 nitrogen and oxygen atoms in total. The second-order valence-corrected chi connectivity index (χ2v) is 5.65. The lowest BCUT2D eigenvalue weighted by Crippen LogP contribution is -2.12. The van der Waals surface area contributed by atoms with Gasteiger partial charge in [0.05, 0.1) is 24.4 Å². The van der Waals surface area contributed by atoms with Gasteiger partial charge in [-0.15, -0.1) is 0 Å². The van der Waals surface area contributed by atoms with Crippen LogP contribution in [0.4, 0.5) is 5.69 Å². The minimum absolute atomic E-state index is 0.337. The van der Waals surface area contributed by atoms with Crippen LogP contribution >= 0.6 is 0 Å². The Morgan fingerprint density at radius 2 is 1.86 bits per heavy atom. The number of hydrogen-bond acceptors (Lipinski definition) is 5. The Hall–Kier alpha value is -2.01. The highest BCUT2D eigenvalue weighted by Gasteiger charge is 2.18. The molecule has 0 bridgehead atoms. The van der Waals surface area contributed by atoms with Crippen molar-refractivity contribution in [3.05, 3.63) is 23.4 Å². The average molecular weight is 287 g/mol. The Bertz CT molecular complexity index is 683. The average Bonchev–Trinajstić information content (AvgIpc) is 2.68. The molecule has 0 spiro atoms. The number of benzene rings is 1. The molecule has 0 saturated carbocycles. The quantitative estimate of drug-likeness (QED) is 0.656. The van der Waals surface area contributed by atoms with Gasteiger partial charge in [0.25, 0.3) is 0 Å². The summed E-state index contributed by atoms with van der Waals surface area (Å²) in [5.74, 6) is 7.64. The van der Waals surface area contributed by atoms with Crippen molar-refractivity contribution in [3.8, 4) is 11.5 Å². The van der Waals surface area contributed by atoms with Gasteiger partial charge in [-0.2, -0.15) is 0 Å². The van der Waals surface area contributed by atoms with Gasteiger partial charge in [-0.3, -0.25) is 10.8 Å². The number of aromatic nitrogens is 1. The highest BCUT2D eigenvalue weighted by atomic mass is 16.5. The maximum atomic E-state index is 5.78. The number of hydrazine groups is 1. The number of fused-ring (bicyclic) bond motifs is 2. The smallest absolute Gasteiger partial charge is 0.163 e. The van der Waals surface area contributed by atoms with E-state index in [4.69, 9.17) is 20.3 Å². The molecule has 0 fully saturated rings. The fourth-order valence-electron chi connectivity index (χ4n) is 2.92. The number of hydrogen-bond donors (Lipinski definition) is 2. The Labute approximate surface area is 124 Å². The summed E-state index contributed by atoms with van der Waals surface area (Å²) in [6, 6.07) is 3.91. The van der Waals surface area contributed by atoms with Gasteiger partial charge in [-0.05, 0) is 18.9 Å². The number of nitrogens with one attached hydrogen (secondary N) is 1. The number of ether oxygens (including phenoxy) is 2. The van der Waals surface area contributed by atoms with E-state index >= 15 is 0 Å². The number of anilines is 1. The van der Waals surface area contributed by atoms with E-state index < -0.39 is 0 Å². The molecule has 0 radical (unpaired) electrons. The Morgan fingerprint density at radius 3 is 2.48 bits per heavy atom. The first-order valence-electron chi connectivity index (χ1n) is 7.32. The lowest BCUT2D eigenvalue weighted by Gasteiger charge is -2.18. The number of aryl methyl sites for hydroxylation is 1. The fourth-order valence-corrected chi connectivity index (χ4v) is 2.92. The molecule has 112 valence electrons. The summed E-state index contributed by atoms with van der Waals surface area (Å²) >= 11 is 0. The number of nitrogens with two attached hydrogens (primary N) is 1. The van der Waals surface area contributed by atoms with Gasteiger partial charge in [0, 0.05) is 29.1 Å². The van der Waals surface area contributed by atoms with Crippen LogP contribution in [0.15, 0.2) is 12.1 Å². The largest absolute Gasteiger partial charge is 0.490 e. The molecule has 0 saturated heterocycles. The van der Waals surface area contributed by atoms with Crippen LogP contribution in [-0.2, 0) is 0 Å². The third-order valence-corrected chi connectivity index (χ3v) is 3.80. The van der Waals surface area contributed by atoms with Gasteiger partial charge < -0.3 is 14.9 Å². The molecule has 1 aromatic heterocycles. The summed E-state index contributed by atoms with van der Waals surface area (Å²) in [7, 11) is 0. The molecule has 0 unspecified atom stereocenters. The summed E-state index contributed by atoms with van der Waals surface area (Å²) in [4.78, 5) is 4.71. The minimum Gasteiger partial charge on any atom is -0.490 e. The molecule has 0 atom stereocenters. The summed E-state index contributed by atoms with van der Waals surface area (Å²) in [5.41, 5.74) is 6.76. The topological polar surface area (TPSA) is 69.4 Å². The molecule has 1 aromatic carbocycles. The zero-order valence-corrected chi connectivity index (χ0v) is 12.7. The first kappa shape index (κ1) is 13.9. The summed E-state index contributed by atoms with van der Waals surface area (Å²) in [6.07, 6.45) is 0.886. The highest BCUT2D eigenvalue weighted by Crippen LogP contribution is 2.39. The predicted octanol–water partition coefficient (Wildman–Crippen LogP) is 3.11. The van der Waals surface area contributed by atoms with Crippen LogP contribution in [0.2, 0.25) is 0 Å². The van der Waals surface area contributed by atoms with Crippen molar-refractivity contribution in [1.29, 1.82) is 0 Å². The first-order chi connectivity index (χ1) is 10.1. The fraction of sp³-hybridized carbons (Fsp3) is 0.438. The van der Waals surface area contributed by atoms with Gasteiger partial charge in [0.15, 0.2) is 11.5 Å². The van der Waals surface area contributed by atoms with E-state index in [0.717, 1.165) is 45.8 Å². The lowest BCUT2D eigenvalue weighted by atomic mass is 9.96. The molecule has 2 heterocycles. The third kappa shape index (κ3) is 2.38. The van der Waals surface area contributed by atoms with Crippen LogP contribution in [0.1, 0.15) is 37.4 Å². The Kier molecular flexibility index (Phi) is 3.59. The maximum Gasteiger partial charge on any atom is 0.163 e. The van der Waals surface area contributed by atoms with Gasteiger partial charge in [0.2, 0.25) is 0 Å². The normalized spacial score (nSPS) is 14.3. The molecule has 21 heavy (non-hydrogen) atoms. The molecule has 5 heteroatoms. The molecular weight excluding hydrogens is 266 g/mol. The van der Waals surface area contributed by atoms with Gasteiger partial charge in [0.1, 0.15) is 0 Å². The number of pyridine rings is 1. The van der Waals surface area contributed by atoms with Crippen LogP contribution in [0.3, 0.4) is 0 Å². The lowest BCUT2D eigenvalue weighted by molar-refractivity contribution is 0.297. The van der Waals surface area contributed by atoms with E-state index in [1.54, 1.807) is 0 Å². The van der Waals surface area contributed by atoms with Crippen molar-refractivity contribution in [1.82, 2.24) is 4.98 Å².